The Morgan fingerprint density at radius 2 is 2.00 bits per heavy atom. The molecule has 0 N–H and O–H groups in total. The van der Waals surface area contributed by atoms with Gasteiger partial charge in [-0.2, -0.15) is 0 Å². The van der Waals surface area contributed by atoms with Gasteiger partial charge in [-0.05, 0) is 24.3 Å². The number of nitrogens with zero attached hydrogens (tertiary/aromatic N) is 1. The van der Waals surface area contributed by atoms with Crippen molar-refractivity contribution in [3.8, 4) is 0 Å². The second kappa shape index (κ2) is 3.72. The minimum absolute atomic E-state index is 0.694. The van der Waals surface area contributed by atoms with Crippen LogP contribution in [0.2, 0.25) is 0 Å². The van der Waals surface area contributed by atoms with Crippen molar-refractivity contribution in [2.45, 2.75) is 18.8 Å². The van der Waals surface area contributed by atoms with Crippen LogP contribution in [0.25, 0.3) is 0 Å². The molecule has 2 rings (SSSR count). The quantitative estimate of drug-likeness (QED) is 0.597. The zero-order chi connectivity index (χ0) is 8.23. The van der Waals surface area contributed by atoms with E-state index in [1.807, 2.05) is 0 Å². The minimum atomic E-state index is 0.694. The van der Waals surface area contributed by atoms with E-state index in [1.54, 1.807) is 0 Å². The Balaban J connectivity index is 2.08. The van der Waals surface area contributed by atoms with Crippen LogP contribution in [0.3, 0.4) is 0 Å². The van der Waals surface area contributed by atoms with Gasteiger partial charge < -0.3 is 0 Å². The van der Waals surface area contributed by atoms with Gasteiger partial charge in [0.25, 0.3) is 0 Å². The number of hydrogen-bond donors (Lipinski definition) is 0. The Hall–Kier alpha value is -0.820. The second-order valence-electron chi connectivity index (χ2n) is 3.38. The molecule has 0 amide bonds. The summed E-state index contributed by atoms with van der Waals surface area (Å²) in [6.07, 6.45) is 2.58. The van der Waals surface area contributed by atoms with Crippen molar-refractivity contribution in [2.75, 3.05) is 13.1 Å². The summed E-state index contributed by atoms with van der Waals surface area (Å²) < 4.78 is 0. The SMILES string of the molecule is c1ccc([C@H]2CCC[N]C2)cc1. The highest BCUT2D eigenvalue weighted by Crippen LogP contribution is 2.22. The van der Waals surface area contributed by atoms with Crippen LogP contribution in [-0.4, -0.2) is 13.1 Å². The maximum Gasteiger partial charge on any atom is 0.0202 e. The highest BCUT2D eigenvalue weighted by molar-refractivity contribution is 5.20. The topological polar surface area (TPSA) is 14.1 Å². The van der Waals surface area contributed by atoms with Crippen LogP contribution in [0.1, 0.15) is 24.3 Å². The summed E-state index contributed by atoms with van der Waals surface area (Å²) in [6.45, 7) is 2.10. The first-order valence-corrected chi connectivity index (χ1v) is 4.65. The van der Waals surface area contributed by atoms with E-state index in [0.717, 1.165) is 13.1 Å². The van der Waals surface area contributed by atoms with E-state index < -0.39 is 0 Å². The third-order valence-corrected chi connectivity index (χ3v) is 2.49. The molecule has 1 nitrogen and oxygen atoms in total. The first-order valence-electron chi connectivity index (χ1n) is 4.65. The lowest BCUT2D eigenvalue weighted by molar-refractivity contribution is 0.454. The molecule has 1 heteroatoms. The molecule has 1 fully saturated rings. The van der Waals surface area contributed by atoms with Gasteiger partial charge in [0.05, 0.1) is 0 Å². The smallest absolute Gasteiger partial charge is 0.0202 e. The molecule has 1 aliphatic heterocycles. The molecule has 0 bridgehead atoms. The lowest BCUT2D eigenvalue weighted by atomic mass is 9.92. The Bertz CT molecular complexity index is 224. The van der Waals surface area contributed by atoms with Crippen LogP contribution in [0.4, 0.5) is 0 Å². The largest absolute Gasteiger partial charge is 0.241 e. The van der Waals surface area contributed by atoms with Gasteiger partial charge >= 0.3 is 0 Å². The zero-order valence-corrected chi connectivity index (χ0v) is 7.24. The fourth-order valence-corrected chi connectivity index (χ4v) is 1.79. The van der Waals surface area contributed by atoms with Gasteiger partial charge in [-0.15, -0.1) is 0 Å². The van der Waals surface area contributed by atoms with E-state index in [0.29, 0.717) is 5.92 Å². The van der Waals surface area contributed by atoms with Crippen molar-refractivity contribution in [3.05, 3.63) is 35.9 Å². The van der Waals surface area contributed by atoms with Crippen LogP contribution >= 0.6 is 0 Å². The van der Waals surface area contributed by atoms with Crippen molar-refractivity contribution in [2.24, 2.45) is 0 Å². The maximum absolute atomic E-state index is 4.43. The molecule has 0 saturated carbocycles. The molecule has 63 valence electrons. The molecule has 1 aromatic rings. The van der Waals surface area contributed by atoms with Gasteiger partial charge in [-0.1, -0.05) is 30.3 Å². The molecule has 0 unspecified atom stereocenters. The van der Waals surface area contributed by atoms with E-state index in [4.69, 9.17) is 0 Å². The molecule has 1 radical (unpaired) electrons. The summed E-state index contributed by atoms with van der Waals surface area (Å²) in [6, 6.07) is 10.7. The predicted molar refractivity (Wildman–Crippen MR) is 50.3 cm³/mol. The molecule has 1 aromatic carbocycles. The van der Waals surface area contributed by atoms with E-state index in [2.05, 4.69) is 35.6 Å². The van der Waals surface area contributed by atoms with Crippen molar-refractivity contribution in [1.82, 2.24) is 5.32 Å². The van der Waals surface area contributed by atoms with E-state index in [1.165, 1.54) is 18.4 Å². The van der Waals surface area contributed by atoms with E-state index >= 15 is 0 Å². The molecule has 0 spiro atoms. The number of piperidine rings is 1. The normalized spacial score (nSPS) is 23.8. The van der Waals surface area contributed by atoms with Gasteiger partial charge in [0.15, 0.2) is 0 Å². The summed E-state index contributed by atoms with van der Waals surface area (Å²) in [5.74, 6) is 0.694. The third kappa shape index (κ3) is 1.67. The van der Waals surface area contributed by atoms with Gasteiger partial charge in [-0.25, -0.2) is 5.32 Å². The molecule has 1 aliphatic rings. The average molecular weight is 160 g/mol. The van der Waals surface area contributed by atoms with E-state index in [-0.39, 0.29) is 0 Å². The molecule has 1 heterocycles. The monoisotopic (exact) mass is 160 g/mol. The van der Waals surface area contributed by atoms with Crippen LogP contribution < -0.4 is 5.32 Å². The lowest BCUT2D eigenvalue weighted by Crippen LogP contribution is -2.22. The molecular formula is C11H14N. The molecule has 0 aliphatic carbocycles. The van der Waals surface area contributed by atoms with E-state index in [9.17, 15) is 0 Å². The maximum atomic E-state index is 4.43. The molecule has 1 saturated heterocycles. The van der Waals surface area contributed by atoms with Crippen LogP contribution in [0.5, 0.6) is 0 Å². The Morgan fingerprint density at radius 1 is 1.17 bits per heavy atom. The van der Waals surface area contributed by atoms with Crippen LogP contribution in [-0.2, 0) is 0 Å². The molecule has 0 aromatic heterocycles. The van der Waals surface area contributed by atoms with Crippen molar-refractivity contribution in [1.29, 1.82) is 0 Å². The highest BCUT2D eigenvalue weighted by Gasteiger charge is 2.14. The van der Waals surface area contributed by atoms with Gasteiger partial charge in [0, 0.05) is 13.1 Å². The standard InChI is InChI=1S/C11H14N/c1-2-5-10(6-3-1)11-7-4-8-12-9-11/h1-3,5-6,11H,4,7-9H2/t11-/m0/s1. The average Bonchev–Trinajstić information content (AvgIpc) is 2.21. The number of hydrogen-bond acceptors (Lipinski definition) is 0. The summed E-state index contributed by atoms with van der Waals surface area (Å²) in [4.78, 5) is 0. The van der Waals surface area contributed by atoms with Crippen LogP contribution in [0, 0.1) is 0 Å². The predicted octanol–water partition coefficient (Wildman–Crippen LogP) is 2.17. The van der Waals surface area contributed by atoms with Crippen molar-refractivity contribution in [3.63, 3.8) is 0 Å². The number of rotatable bonds is 1. The first-order chi connectivity index (χ1) is 5.97. The summed E-state index contributed by atoms with van der Waals surface area (Å²) in [5, 5.41) is 4.43. The van der Waals surface area contributed by atoms with Crippen molar-refractivity contribution >= 4 is 0 Å². The summed E-state index contributed by atoms with van der Waals surface area (Å²) in [7, 11) is 0. The molecule has 12 heavy (non-hydrogen) atoms. The Kier molecular flexibility index (Phi) is 2.42. The van der Waals surface area contributed by atoms with Crippen LogP contribution in [0.15, 0.2) is 30.3 Å². The molecular weight excluding hydrogens is 146 g/mol. The summed E-state index contributed by atoms with van der Waals surface area (Å²) >= 11 is 0. The van der Waals surface area contributed by atoms with Gasteiger partial charge in [0.1, 0.15) is 0 Å². The zero-order valence-electron chi connectivity index (χ0n) is 7.24. The van der Waals surface area contributed by atoms with Gasteiger partial charge in [-0.3, -0.25) is 0 Å². The second-order valence-corrected chi connectivity index (χ2v) is 3.38. The lowest BCUT2D eigenvalue weighted by Gasteiger charge is -2.21. The first kappa shape index (κ1) is 7.81. The fourth-order valence-electron chi connectivity index (χ4n) is 1.79. The van der Waals surface area contributed by atoms with Crippen molar-refractivity contribution < 1.29 is 0 Å². The Morgan fingerprint density at radius 3 is 2.67 bits per heavy atom. The Labute approximate surface area is 73.8 Å². The highest BCUT2D eigenvalue weighted by atomic mass is 14.9. The minimum Gasteiger partial charge on any atom is -0.241 e. The summed E-state index contributed by atoms with van der Waals surface area (Å²) in [5.41, 5.74) is 1.46. The molecule has 1 atom stereocenters. The fraction of sp³-hybridized carbons (Fsp3) is 0.455. The third-order valence-electron chi connectivity index (χ3n) is 2.49. The number of benzene rings is 1. The van der Waals surface area contributed by atoms with Gasteiger partial charge in [0.2, 0.25) is 0 Å².